The molecular weight excluding hydrogens is 428 g/mol. The van der Waals surface area contributed by atoms with Crippen LogP contribution in [-0.4, -0.2) is 22.7 Å². The molecule has 0 N–H and O–H groups in total. The largest absolute Gasteiger partial charge is 0.496 e. The zero-order chi connectivity index (χ0) is 24.0. The molecule has 0 saturated carbocycles. The van der Waals surface area contributed by atoms with Crippen LogP contribution < -0.4 is 9.47 Å². The molecule has 0 radical (unpaired) electrons. The first-order valence-corrected chi connectivity index (χ1v) is 9.80. The van der Waals surface area contributed by atoms with Crippen LogP contribution in [0.2, 0.25) is 0 Å². The van der Waals surface area contributed by atoms with Gasteiger partial charge in [-0.25, -0.2) is 0 Å². The van der Waals surface area contributed by atoms with Gasteiger partial charge in [0.25, 0.3) is 5.69 Å². The first-order valence-electron chi connectivity index (χ1n) is 9.80. The molecule has 0 aliphatic rings. The number of rotatable bonds is 9. The third-order valence-corrected chi connectivity index (χ3v) is 4.79. The Kier molecular flexibility index (Phi) is 7.14. The van der Waals surface area contributed by atoms with E-state index < -0.39 is 15.6 Å². The summed E-state index contributed by atoms with van der Waals surface area (Å²) in [4.78, 5) is 33.8. The second-order valence-corrected chi connectivity index (χ2v) is 7.06. The van der Waals surface area contributed by atoms with Crippen molar-refractivity contribution in [1.82, 2.24) is 0 Å². The highest BCUT2D eigenvalue weighted by atomic mass is 16.6. The van der Waals surface area contributed by atoms with E-state index in [4.69, 9.17) is 9.47 Å². The minimum Gasteiger partial charge on any atom is -0.496 e. The Morgan fingerprint density at radius 2 is 1.64 bits per heavy atom. The lowest BCUT2D eigenvalue weighted by atomic mass is 10.1. The van der Waals surface area contributed by atoms with Gasteiger partial charge in [0.1, 0.15) is 12.4 Å². The standard InChI is InChI=1S/C24H20N2O7/c1-16-7-11-24(21(13-16)26(30)31)33-15-18-14-17(9-12-23(18)32-2)8-10-22(27)19-5-3-4-6-20(19)25(28)29/h3-14H,15H2,1-2H3/b10-8+. The van der Waals surface area contributed by atoms with E-state index in [9.17, 15) is 25.0 Å². The van der Waals surface area contributed by atoms with Crippen LogP contribution in [0.5, 0.6) is 11.5 Å². The smallest absolute Gasteiger partial charge is 0.311 e. The van der Waals surface area contributed by atoms with Crippen LogP contribution in [0.15, 0.2) is 66.7 Å². The van der Waals surface area contributed by atoms with Crippen molar-refractivity contribution < 1.29 is 24.1 Å². The number of hydrogen-bond acceptors (Lipinski definition) is 7. The number of carbonyl (C=O) groups is 1. The summed E-state index contributed by atoms with van der Waals surface area (Å²) >= 11 is 0. The van der Waals surface area contributed by atoms with Crippen molar-refractivity contribution in [2.45, 2.75) is 13.5 Å². The molecule has 0 bridgehead atoms. The molecule has 168 valence electrons. The van der Waals surface area contributed by atoms with Crippen molar-refractivity contribution in [3.63, 3.8) is 0 Å². The van der Waals surface area contributed by atoms with Gasteiger partial charge in [0.15, 0.2) is 11.5 Å². The van der Waals surface area contributed by atoms with Gasteiger partial charge in [-0.3, -0.25) is 25.0 Å². The Hall–Kier alpha value is -4.53. The molecule has 3 aromatic rings. The second-order valence-electron chi connectivity index (χ2n) is 7.06. The summed E-state index contributed by atoms with van der Waals surface area (Å²) in [5.41, 5.74) is 1.55. The highest BCUT2D eigenvalue weighted by Crippen LogP contribution is 2.30. The fraction of sp³-hybridized carbons (Fsp3) is 0.125. The summed E-state index contributed by atoms with van der Waals surface area (Å²) in [6.07, 6.45) is 2.77. The predicted octanol–water partition coefficient (Wildman–Crippen LogP) is 5.30. The van der Waals surface area contributed by atoms with Crippen molar-refractivity contribution in [3.8, 4) is 11.5 Å². The Bertz CT molecular complexity index is 1250. The first kappa shape index (κ1) is 23.1. The molecule has 0 fully saturated rings. The zero-order valence-corrected chi connectivity index (χ0v) is 17.9. The van der Waals surface area contributed by atoms with Crippen LogP contribution in [0.25, 0.3) is 6.08 Å². The molecule has 0 heterocycles. The van der Waals surface area contributed by atoms with Gasteiger partial charge in [-0.1, -0.05) is 30.3 Å². The molecule has 0 saturated heterocycles. The van der Waals surface area contributed by atoms with Gasteiger partial charge < -0.3 is 9.47 Å². The fourth-order valence-corrected chi connectivity index (χ4v) is 3.17. The summed E-state index contributed by atoms with van der Waals surface area (Å²) in [6, 6.07) is 15.5. The van der Waals surface area contributed by atoms with Gasteiger partial charge in [0.2, 0.25) is 0 Å². The molecule has 3 aromatic carbocycles. The number of nitro groups is 2. The van der Waals surface area contributed by atoms with E-state index in [2.05, 4.69) is 0 Å². The Balaban J connectivity index is 1.83. The number of aryl methyl sites for hydroxylation is 1. The SMILES string of the molecule is COc1ccc(/C=C/C(=O)c2ccccc2[N+](=O)[O-])cc1COc1ccc(C)cc1[N+](=O)[O-]. The number of ether oxygens (including phenoxy) is 2. The van der Waals surface area contributed by atoms with Crippen LogP contribution in [0, 0.1) is 27.2 Å². The Morgan fingerprint density at radius 1 is 0.939 bits per heavy atom. The highest BCUT2D eigenvalue weighted by Gasteiger charge is 2.18. The maximum atomic E-state index is 12.5. The number of carbonyl (C=O) groups excluding carboxylic acids is 1. The molecule has 9 heteroatoms. The van der Waals surface area contributed by atoms with E-state index >= 15 is 0 Å². The van der Waals surface area contributed by atoms with Gasteiger partial charge >= 0.3 is 5.69 Å². The Labute approximate surface area is 189 Å². The number of allylic oxidation sites excluding steroid dienone is 1. The number of hydrogen-bond donors (Lipinski definition) is 0. The van der Waals surface area contributed by atoms with Gasteiger partial charge in [-0.05, 0) is 48.4 Å². The molecule has 0 aliphatic heterocycles. The molecule has 33 heavy (non-hydrogen) atoms. The number of ketones is 1. The van der Waals surface area contributed by atoms with Crippen LogP contribution in [0.4, 0.5) is 11.4 Å². The minimum absolute atomic E-state index is 0.00709. The lowest BCUT2D eigenvalue weighted by Gasteiger charge is -2.12. The number of methoxy groups -OCH3 is 1. The van der Waals surface area contributed by atoms with Crippen molar-refractivity contribution >= 4 is 23.2 Å². The molecule has 0 aliphatic carbocycles. The topological polar surface area (TPSA) is 122 Å². The van der Waals surface area contributed by atoms with Gasteiger partial charge in [-0.15, -0.1) is 0 Å². The lowest BCUT2D eigenvalue weighted by Crippen LogP contribution is -2.02. The Morgan fingerprint density at radius 3 is 2.33 bits per heavy atom. The molecule has 0 unspecified atom stereocenters. The summed E-state index contributed by atoms with van der Waals surface area (Å²) in [6.45, 7) is 1.74. The van der Waals surface area contributed by atoms with Gasteiger partial charge in [-0.2, -0.15) is 0 Å². The average Bonchev–Trinajstić information content (AvgIpc) is 2.81. The number of nitrogens with zero attached hydrogens (tertiary/aromatic N) is 2. The third kappa shape index (κ3) is 5.59. The molecule has 9 nitrogen and oxygen atoms in total. The number of para-hydroxylation sites is 1. The third-order valence-electron chi connectivity index (χ3n) is 4.79. The first-order chi connectivity index (χ1) is 15.8. The summed E-state index contributed by atoms with van der Waals surface area (Å²) < 4.78 is 11.0. The van der Waals surface area contributed by atoms with Crippen molar-refractivity contribution in [3.05, 3.63) is 109 Å². The monoisotopic (exact) mass is 448 g/mol. The molecular formula is C24H20N2O7. The van der Waals surface area contributed by atoms with Crippen molar-refractivity contribution in [2.24, 2.45) is 0 Å². The fourth-order valence-electron chi connectivity index (χ4n) is 3.17. The minimum atomic E-state index is -0.603. The van der Waals surface area contributed by atoms with E-state index in [0.29, 0.717) is 16.9 Å². The highest BCUT2D eigenvalue weighted by molar-refractivity contribution is 6.09. The zero-order valence-electron chi connectivity index (χ0n) is 17.9. The van der Waals surface area contributed by atoms with E-state index in [0.717, 1.165) is 5.56 Å². The van der Waals surface area contributed by atoms with E-state index in [1.165, 1.54) is 49.6 Å². The molecule has 3 rings (SSSR count). The maximum Gasteiger partial charge on any atom is 0.311 e. The lowest BCUT2D eigenvalue weighted by molar-refractivity contribution is -0.386. The maximum absolute atomic E-state index is 12.5. The van der Waals surface area contributed by atoms with Crippen LogP contribution in [0.1, 0.15) is 27.0 Å². The number of nitro benzene ring substituents is 2. The van der Waals surface area contributed by atoms with E-state index in [-0.39, 0.29) is 29.3 Å². The number of benzene rings is 3. The molecule has 0 amide bonds. The van der Waals surface area contributed by atoms with Crippen LogP contribution >= 0.6 is 0 Å². The molecule has 0 aromatic heterocycles. The van der Waals surface area contributed by atoms with E-state index in [1.54, 1.807) is 37.3 Å². The van der Waals surface area contributed by atoms with Crippen molar-refractivity contribution in [1.29, 1.82) is 0 Å². The van der Waals surface area contributed by atoms with Crippen LogP contribution in [0.3, 0.4) is 0 Å². The predicted molar refractivity (Wildman–Crippen MR) is 122 cm³/mol. The van der Waals surface area contributed by atoms with Crippen LogP contribution in [-0.2, 0) is 6.61 Å². The summed E-state index contributed by atoms with van der Waals surface area (Å²) in [5.74, 6) is 0.123. The second kappa shape index (κ2) is 10.2. The summed E-state index contributed by atoms with van der Waals surface area (Å²) in [7, 11) is 1.49. The van der Waals surface area contributed by atoms with Crippen molar-refractivity contribution in [2.75, 3.05) is 7.11 Å². The quantitative estimate of drug-likeness (QED) is 0.188. The molecule has 0 atom stereocenters. The normalized spacial score (nSPS) is 10.7. The van der Waals surface area contributed by atoms with Gasteiger partial charge in [0, 0.05) is 17.7 Å². The van der Waals surface area contributed by atoms with E-state index in [1.807, 2.05) is 0 Å². The average molecular weight is 448 g/mol. The molecule has 0 spiro atoms. The van der Waals surface area contributed by atoms with Gasteiger partial charge in [0.05, 0.1) is 22.5 Å². The summed E-state index contributed by atoms with van der Waals surface area (Å²) in [5, 5.41) is 22.5.